The van der Waals surface area contributed by atoms with E-state index in [2.05, 4.69) is 0 Å². The van der Waals surface area contributed by atoms with Crippen LogP contribution in [0.3, 0.4) is 0 Å². The van der Waals surface area contributed by atoms with Gasteiger partial charge in [0.1, 0.15) is 5.75 Å². The molecule has 8 nitrogen and oxygen atoms in total. The van der Waals surface area contributed by atoms with E-state index in [0.29, 0.717) is 29.3 Å². The molecule has 2 amide bonds. The molecule has 1 aromatic heterocycles. The van der Waals surface area contributed by atoms with Crippen LogP contribution in [0.4, 0.5) is 0 Å². The predicted molar refractivity (Wildman–Crippen MR) is 112 cm³/mol. The highest BCUT2D eigenvalue weighted by molar-refractivity contribution is 7.12. The summed E-state index contributed by atoms with van der Waals surface area (Å²) in [4.78, 5) is 39.9. The third kappa shape index (κ3) is 4.52. The van der Waals surface area contributed by atoms with Gasteiger partial charge in [-0.05, 0) is 29.1 Å². The zero-order chi connectivity index (χ0) is 21.8. The first-order valence-corrected chi connectivity index (χ1v) is 10.3. The number of thiophene rings is 1. The summed E-state index contributed by atoms with van der Waals surface area (Å²) in [6.45, 7) is 0.772. The Labute approximate surface area is 178 Å². The summed E-state index contributed by atoms with van der Waals surface area (Å²) in [5.41, 5.74) is 5.82. The molecule has 0 bridgehead atoms. The molecule has 0 saturated carbocycles. The molecule has 3 rings (SSSR count). The number of Topliss-reactive ketones (excluding diaryl/α,β-unsaturated/α-hetero) is 1. The number of aliphatic hydroxyl groups excluding tert-OH is 1. The van der Waals surface area contributed by atoms with Gasteiger partial charge in [0, 0.05) is 0 Å². The number of rotatable bonds is 9. The van der Waals surface area contributed by atoms with Crippen LogP contribution in [0.15, 0.2) is 53.1 Å². The number of ketones is 1. The molecule has 0 fully saturated rings. The fourth-order valence-electron chi connectivity index (χ4n) is 3.25. The highest BCUT2D eigenvalue weighted by Crippen LogP contribution is 2.39. The minimum Gasteiger partial charge on any atom is -0.503 e. The number of benzene rings is 1. The van der Waals surface area contributed by atoms with Gasteiger partial charge in [-0.3, -0.25) is 14.4 Å². The molecule has 1 aromatic carbocycles. The molecular weight excluding hydrogens is 406 g/mol. The zero-order valence-corrected chi connectivity index (χ0v) is 17.6. The summed E-state index contributed by atoms with van der Waals surface area (Å²) in [5, 5.41) is 12.4. The SMILES string of the molecule is C[NH+](C)CCN1C(=O)C(O)=C(C(=O)c2cccs2)[C@@H]1c1ccc(OCC(N)=O)cc1. The van der Waals surface area contributed by atoms with Crippen molar-refractivity contribution < 1.29 is 29.1 Å². The van der Waals surface area contributed by atoms with Gasteiger partial charge in [0.15, 0.2) is 12.4 Å². The van der Waals surface area contributed by atoms with Gasteiger partial charge >= 0.3 is 0 Å². The number of primary amides is 1. The van der Waals surface area contributed by atoms with Gasteiger partial charge in [-0.1, -0.05) is 18.2 Å². The molecule has 2 aromatic rings. The number of nitrogens with two attached hydrogens (primary N) is 1. The molecular formula is C21H24N3O5S+. The van der Waals surface area contributed by atoms with Crippen molar-refractivity contribution in [2.75, 3.05) is 33.8 Å². The summed E-state index contributed by atoms with van der Waals surface area (Å²) in [6.07, 6.45) is 0. The molecule has 0 saturated heterocycles. The smallest absolute Gasteiger partial charge is 0.290 e. The van der Waals surface area contributed by atoms with Crippen LogP contribution >= 0.6 is 11.3 Å². The van der Waals surface area contributed by atoms with Crippen LogP contribution in [-0.2, 0) is 9.59 Å². The van der Waals surface area contributed by atoms with Crippen LogP contribution in [0.2, 0.25) is 0 Å². The fraction of sp³-hybridized carbons (Fsp3) is 0.286. The first-order chi connectivity index (χ1) is 14.3. The number of nitrogens with zero attached hydrogens (tertiary/aromatic N) is 1. The minimum atomic E-state index is -0.711. The number of hydrogen-bond acceptors (Lipinski definition) is 6. The average molecular weight is 431 g/mol. The quantitative estimate of drug-likeness (QED) is 0.496. The number of nitrogens with one attached hydrogen (secondary N) is 1. The Morgan fingerprint density at radius 3 is 2.50 bits per heavy atom. The lowest BCUT2D eigenvalue weighted by Crippen LogP contribution is -3.06. The van der Waals surface area contributed by atoms with Crippen molar-refractivity contribution in [2.24, 2.45) is 5.73 Å². The molecule has 0 aliphatic carbocycles. The molecule has 1 aliphatic rings. The predicted octanol–water partition coefficient (Wildman–Crippen LogP) is 0.335. The summed E-state index contributed by atoms with van der Waals surface area (Å²) in [6, 6.07) is 9.41. The van der Waals surface area contributed by atoms with Gasteiger partial charge in [0.2, 0.25) is 5.78 Å². The van der Waals surface area contributed by atoms with Gasteiger partial charge in [0.05, 0.1) is 43.7 Å². The van der Waals surface area contributed by atoms with E-state index in [0.717, 1.165) is 4.90 Å². The third-order valence-corrected chi connectivity index (χ3v) is 5.59. The number of aliphatic hydroxyl groups is 1. The summed E-state index contributed by atoms with van der Waals surface area (Å²) < 4.78 is 5.28. The second kappa shape index (κ2) is 9.10. The molecule has 30 heavy (non-hydrogen) atoms. The van der Waals surface area contributed by atoms with E-state index in [1.807, 2.05) is 14.1 Å². The van der Waals surface area contributed by atoms with E-state index in [9.17, 15) is 19.5 Å². The lowest BCUT2D eigenvalue weighted by Gasteiger charge is -2.27. The van der Waals surface area contributed by atoms with E-state index in [4.69, 9.17) is 10.5 Å². The molecule has 4 N–H and O–H groups in total. The van der Waals surface area contributed by atoms with Crippen molar-refractivity contribution in [3.05, 3.63) is 63.6 Å². The van der Waals surface area contributed by atoms with E-state index in [-0.39, 0.29) is 18.0 Å². The van der Waals surface area contributed by atoms with E-state index in [1.54, 1.807) is 41.8 Å². The minimum absolute atomic E-state index is 0.0713. The molecule has 158 valence electrons. The zero-order valence-electron chi connectivity index (χ0n) is 16.8. The molecule has 9 heteroatoms. The fourth-order valence-corrected chi connectivity index (χ4v) is 3.93. The molecule has 0 spiro atoms. The first-order valence-electron chi connectivity index (χ1n) is 9.42. The molecule has 1 aliphatic heterocycles. The summed E-state index contributed by atoms with van der Waals surface area (Å²) in [7, 11) is 3.93. The van der Waals surface area contributed by atoms with Crippen molar-refractivity contribution in [1.82, 2.24) is 4.90 Å². The Morgan fingerprint density at radius 1 is 1.23 bits per heavy atom. The second-order valence-electron chi connectivity index (χ2n) is 7.25. The Bertz CT molecular complexity index is 967. The molecule has 0 unspecified atom stereocenters. The Kier molecular flexibility index (Phi) is 6.53. The van der Waals surface area contributed by atoms with Gasteiger partial charge < -0.3 is 25.4 Å². The largest absolute Gasteiger partial charge is 0.503 e. The topological polar surface area (TPSA) is 114 Å². The van der Waals surface area contributed by atoms with Gasteiger partial charge in [0.25, 0.3) is 11.8 Å². The standard InChI is InChI=1S/C21H23N3O5S/c1-23(2)9-10-24-18(13-5-7-14(8-6-13)29-12-16(22)25)17(20(27)21(24)28)19(26)15-4-3-11-30-15/h3-8,11,18,27H,9-10,12H2,1-2H3,(H2,22,25)/p+1/t18-/m0/s1. The van der Waals surface area contributed by atoms with Gasteiger partial charge in [-0.15, -0.1) is 11.3 Å². The summed E-state index contributed by atoms with van der Waals surface area (Å²) in [5.74, 6) is -1.59. The maximum Gasteiger partial charge on any atom is 0.290 e. The van der Waals surface area contributed by atoms with Crippen molar-refractivity contribution >= 4 is 28.9 Å². The van der Waals surface area contributed by atoms with Gasteiger partial charge in [-0.2, -0.15) is 0 Å². The van der Waals surface area contributed by atoms with Crippen LogP contribution in [0, 0.1) is 0 Å². The molecule has 1 atom stereocenters. The highest BCUT2D eigenvalue weighted by atomic mass is 32.1. The average Bonchev–Trinajstić information content (AvgIpc) is 3.33. The van der Waals surface area contributed by atoms with E-state index in [1.165, 1.54) is 16.2 Å². The normalized spacial score (nSPS) is 16.4. The maximum absolute atomic E-state index is 13.1. The van der Waals surface area contributed by atoms with Crippen molar-refractivity contribution in [1.29, 1.82) is 0 Å². The third-order valence-electron chi connectivity index (χ3n) is 4.72. The second-order valence-corrected chi connectivity index (χ2v) is 8.20. The van der Waals surface area contributed by atoms with Crippen molar-refractivity contribution in [2.45, 2.75) is 6.04 Å². The lowest BCUT2D eigenvalue weighted by atomic mass is 9.95. The monoisotopic (exact) mass is 430 g/mol. The van der Waals surface area contributed by atoms with Crippen LogP contribution in [0.25, 0.3) is 0 Å². The Morgan fingerprint density at radius 2 is 1.93 bits per heavy atom. The summed E-state index contributed by atoms with van der Waals surface area (Å²) >= 11 is 1.26. The number of likely N-dealkylation sites (N-methyl/N-ethyl adjacent to an activating group) is 1. The molecule has 2 heterocycles. The van der Waals surface area contributed by atoms with Crippen LogP contribution in [0.1, 0.15) is 21.3 Å². The van der Waals surface area contributed by atoms with E-state index < -0.39 is 23.6 Å². The lowest BCUT2D eigenvalue weighted by molar-refractivity contribution is -0.857. The molecule has 0 radical (unpaired) electrons. The van der Waals surface area contributed by atoms with Crippen molar-refractivity contribution in [3.8, 4) is 5.75 Å². The number of carbonyl (C=O) groups is 3. The number of quaternary nitrogens is 1. The highest BCUT2D eigenvalue weighted by Gasteiger charge is 2.44. The number of amides is 2. The Hall–Kier alpha value is -3.17. The number of carbonyl (C=O) groups excluding carboxylic acids is 3. The first kappa shape index (κ1) is 21.5. The van der Waals surface area contributed by atoms with Gasteiger partial charge in [-0.25, -0.2) is 0 Å². The van der Waals surface area contributed by atoms with Crippen LogP contribution < -0.4 is 15.4 Å². The van der Waals surface area contributed by atoms with Crippen LogP contribution in [0.5, 0.6) is 5.75 Å². The number of ether oxygens (including phenoxy) is 1. The van der Waals surface area contributed by atoms with Crippen molar-refractivity contribution in [3.63, 3.8) is 0 Å². The van der Waals surface area contributed by atoms with Crippen LogP contribution in [-0.4, -0.2) is 61.4 Å². The number of hydrogen-bond donors (Lipinski definition) is 3. The maximum atomic E-state index is 13.1. The van der Waals surface area contributed by atoms with E-state index >= 15 is 0 Å². The Balaban J connectivity index is 1.96.